The fraction of sp³-hybridized carbons (Fsp3) is 0.857. The summed E-state index contributed by atoms with van der Waals surface area (Å²) in [5.74, 6) is -0.308. The van der Waals surface area contributed by atoms with Crippen LogP contribution in [0, 0.1) is 0 Å². The van der Waals surface area contributed by atoms with E-state index >= 15 is 0 Å². The van der Waals surface area contributed by atoms with Gasteiger partial charge in [0.1, 0.15) is 6.61 Å². The molecule has 0 saturated carbocycles. The first kappa shape index (κ1) is 10.4. The number of aliphatic hydroxyl groups is 1. The standard InChI is InChI=1S/C7H16N2O2/c8-4-2-1-3-5-9-7(11)6-10/h10H,1-6,8H2,(H,9,11). The lowest BCUT2D eigenvalue weighted by atomic mass is 10.2. The van der Waals surface area contributed by atoms with Crippen molar-refractivity contribution < 1.29 is 9.90 Å². The highest BCUT2D eigenvalue weighted by Gasteiger charge is 1.94. The fourth-order valence-corrected chi connectivity index (χ4v) is 0.730. The Morgan fingerprint density at radius 2 is 2.09 bits per heavy atom. The smallest absolute Gasteiger partial charge is 0.245 e. The Hall–Kier alpha value is -0.610. The summed E-state index contributed by atoms with van der Waals surface area (Å²) in [4.78, 5) is 10.5. The predicted octanol–water partition coefficient (Wildman–Crippen LogP) is -0.776. The molecule has 4 heteroatoms. The van der Waals surface area contributed by atoms with Gasteiger partial charge in [-0.2, -0.15) is 0 Å². The zero-order valence-electron chi connectivity index (χ0n) is 6.68. The number of aliphatic hydroxyl groups excluding tert-OH is 1. The van der Waals surface area contributed by atoms with Crippen LogP contribution in [0.3, 0.4) is 0 Å². The highest BCUT2D eigenvalue weighted by atomic mass is 16.3. The lowest BCUT2D eigenvalue weighted by molar-refractivity contribution is -0.123. The van der Waals surface area contributed by atoms with E-state index in [1.165, 1.54) is 0 Å². The first-order valence-corrected chi connectivity index (χ1v) is 3.89. The lowest BCUT2D eigenvalue weighted by Crippen LogP contribution is -2.27. The van der Waals surface area contributed by atoms with Crippen molar-refractivity contribution >= 4 is 5.91 Å². The molecule has 1 amide bonds. The van der Waals surface area contributed by atoms with Gasteiger partial charge in [-0.15, -0.1) is 0 Å². The average Bonchev–Trinajstić information content (AvgIpc) is 2.04. The molecule has 0 aromatic carbocycles. The van der Waals surface area contributed by atoms with Gasteiger partial charge >= 0.3 is 0 Å². The highest BCUT2D eigenvalue weighted by Crippen LogP contribution is 1.90. The third-order valence-electron chi connectivity index (χ3n) is 1.35. The molecule has 0 rings (SSSR count). The van der Waals surface area contributed by atoms with E-state index < -0.39 is 6.61 Å². The minimum atomic E-state index is -0.420. The molecule has 0 fully saturated rings. The normalized spacial score (nSPS) is 9.64. The van der Waals surface area contributed by atoms with E-state index in [1.54, 1.807) is 0 Å². The van der Waals surface area contributed by atoms with Gasteiger partial charge in [0.15, 0.2) is 0 Å². The van der Waals surface area contributed by atoms with Crippen LogP contribution in [0.5, 0.6) is 0 Å². The Bertz CT molecular complexity index is 107. The number of unbranched alkanes of at least 4 members (excludes halogenated alkanes) is 2. The van der Waals surface area contributed by atoms with E-state index in [1.807, 2.05) is 0 Å². The molecule has 0 aliphatic rings. The molecule has 0 aromatic rings. The molecule has 0 aliphatic heterocycles. The maximum absolute atomic E-state index is 10.5. The Morgan fingerprint density at radius 3 is 2.64 bits per heavy atom. The topological polar surface area (TPSA) is 75.3 Å². The Kier molecular flexibility index (Phi) is 7.08. The van der Waals surface area contributed by atoms with E-state index in [4.69, 9.17) is 10.8 Å². The maximum Gasteiger partial charge on any atom is 0.245 e. The second-order valence-corrected chi connectivity index (χ2v) is 2.36. The van der Waals surface area contributed by atoms with Gasteiger partial charge in [-0.05, 0) is 19.4 Å². The van der Waals surface area contributed by atoms with Gasteiger partial charge in [0, 0.05) is 6.54 Å². The lowest BCUT2D eigenvalue weighted by Gasteiger charge is -2.01. The number of hydrogen-bond donors (Lipinski definition) is 3. The molecule has 0 aromatic heterocycles. The molecule has 0 radical (unpaired) electrons. The van der Waals surface area contributed by atoms with E-state index in [9.17, 15) is 4.79 Å². The molecule has 0 aliphatic carbocycles. The summed E-state index contributed by atoms with van der Waals surface area (Å²) in [7, 11) is 0. The quantitative estimate of drug-likeness (QED) is 0.446. The van der Waals surface area contributed by atoms with Gasteiger partial charge in [-0.1, -0.05) is 6.42 Å². The second kappa shape index (κ2) is 7.50. The van der Waals surface area contributed by atoms with Crippen LogP contribution in [-0.2, 0) is 4.79 Å². The van der Waals surface area contributed by atoms with Crippen molar-refractivity contribution in [1.29, 1.82) is 0 Å². The van der Waals surface area contributed by atoms with Crippen molar-refractivity contribution in [3.63, 3.8) is 0 Å². The van der Waals surface area contributed by atoms with Gasteiger partial charge in [0.05, 0.1) is 0 Å². The summed E-state index contributed by atoms with van der Waals surface area (Å²) >= 11 is 0. The predicted molar refractivity (Wildman–Crippen MR) is 43.0 cm³/mol. The SMILES string of the molecule is NCCCCCNC(=O)CO. The monoisotopic (exact) mass is 160 g/mol. The molecular weight excluding hydrogens is 144 g/mol. The molecular formula is C7H16N2O2. The van der Waals surface area contributed by atoms with Crippen molar-refractivity contribution in [2.45, 2.75) is 19.3 Å². The number of nitrogens with two attached hydrogens (primary N) is 1. The van der Waals surface area contributed by atoms with Crippen LogP contribution >= 0.6 is 0 Å². The number of carbonyl (C=O) groups excluding carboxylic acids is 1. The molecule has 4 nitrogen and oxygen atoms in total. The average molecular weight is 160 g/mol. The molecule has 0 bridgehead atoms. The fourth-order valence-electron chi connectivity index (χ4n) is 0.730. The molecule has 11 heavy (non-hydrogen) atoms. The number of carbonyl (C=O) groups is 1. The van der Waals surface area contributed by atoms with E-state index in [0.717, 1.165) is 19.3 Å². The third kappa shape index (κ3) is 7.29. The number of rotatable bonds is 6. The number of nitrogens with one attached hydrogen (secondary N) is 1. The molecule has 0 unspecified atom stereocenters. The zero-order valence-corrected chi connectivity index (χ0v) is 6.68. The first-order chi connectivity index (χ1) is 5.31. The van der Waals surface area contributed by atoms with Crippen LogP contribution in [0.25, 0.3) is 0 Å². The number of hydrogen-bond acceptors (Lipinski definition) is 3. The second-order valence-electron chi connectivity index (χ2n) is 2.36. The third-order valence-corrected chi connectivity index (χ3v) is 1.35. The van der Waals surface area contributed by atoms with Gasteiger partial charge < -0.3 is 16.2 Å². The van der Waals surface area contributed by atoms with Gasteiger partial charge in [-0.3, -0.25) is 4.79 Å². The summed E-state index contributed by atoms with van der Waals surface area (Å²) in [5.41, 5.74) is 5.27. The van der Waals surface area contributed by atoms with Crippen LogP contribution in [0.15, 0.2) is 0 Å². The first-order valence-electron chi connectivity index (χ1n) is 3.89. The summed E-state index contributed by atoms with van der Waals surface area (Å²) < 4.78 is 0. The van der Waals surface area contributed by atoms with Crippen LogP contribution in [0.4, 0.5) is 0 Å². The van der Waals surface area contributed by atoms with Crippen molar-refractivity contribution in [2.24, 2.45) is 5.73 Å². The van der Waals surface area contributed by atoms with Gasteiger partial charge in [0.25, 0.3) is 0 Å². The molecule has 0 heterocycles. The summed E-state index contributed by atoms with van der Waals surface area (Å²) in [5, 5.41) is 10.9. The van der Waals surface area contributed by atoms with E-state index in [2.05, 4.69) is 5.32 Å². The van der Waals surface area contributed by atoms with Gasteiger partial charge in [-0.25, -0.2) is 0 Å². The Balaban J connectivity index is 2.95. The molecule has 4 N–H and O–H groups in total. The Morgan fingerprint density at radius 1 is 1.36 bits per heavy atom. The van der Waals surface area contributed by atoms with Crippen LogP contribution in [0.1, 0.15) is 19.3 Å². The minimum Gasteiger partial charge on any atom is -0.387 e. The molecule has 0 saturated heterocycles. The largest absolute Gasteiger partial charge is 0.387 e. The summed E-state index contributed by atoms with van der Waals surface area (Å²) in [6.45, 7) is 0.921. The van der Waals surface area contributed by atoms with Crippen molar-refractivity contribution in [2.75, 3.05) is 19.7 Å². The number of amides is 1. The Labute approximate surface area is 66.8 Å². The van der Waals surface area contributed by atoms with Crippen molar-refractivity contribution in [3.05, 3.63) is 0 Å². The minimum absolute atomic E-state index is 0.308. The van der Waals surface area contributed by atoms with Crippen molar-refractivity contribution in [3.8, 4) is 0 Å². The van der Waals surface area contributed by atoms with Crippen LogP contribution < -0.4 is 11.1 Å². The van der Waals surface area contributed by atoms with E-state index in [-0.39, 0.29) is 5.91 Å². The molecule has 0 atom stereocenters. The summed E-state index contributed by atoms with van der Waals surface area (Å²) in [6.07, 6.45) is 2.96. The van der Waals surface area contributed by atoms with E-state index in [0.29, 0.717) is 13.1 Å². The van der Waals surface area contributed by atoms with Gasteiger partial charge in [0.2, 0.25) is 5.91 Å². The van der Waals surface area contributed by atoms with Crippen LogP contribution in [0.2, 0.25) is 0 Å². The highest BCUT2D eigenvalue weighted by molar-refractivity contribution is 5.76. The van der Waals surface area contributed by atoms with Crippen LogP contribution in [-0.4, -0.2) is 30.7 Å². The van der Waals surface area contributed by atoms with Crippen molar-refractivity contribution in [1.82, 2.24) is 5.32 Å². The molecule has 0 spiro atoms. The zero-order chi connectivity index (χ0) is 8.53. The maximum atomic E-state index is 10.5. The molecule has 66 valence electrons. The summed E-state index contributed by atoms with van der Waals surface area (Å²) in [6, 6.07) is 0.